The average Bonchev–Trinajstić information content (AvgIpc) is 3.27. The Morgan fingerprint density at radius 2 is 2.12 bits per heavy atom. The van der Waals surface area contributed by atoms with Crippen molar-refractivity contribution in [3.63, 3.8) is 0 Å². The summed E-state index contributed by atoms with van der Waals surface area (Å²) in [6.07, 6.45) is 8.84. The number of rotatable bonds is 4. The van der Waals surface area contributed by atoms with Gasteiger partial charge in [-0.2, -0.15) is 0 Å². The summed E-state index contributed by atoms with van der Waals surface area (Å²) in [6, 6.07) is 8.73. The van der Waals surface area contributed by atoms with Crippen LogP contribution in [0.2, 0.25) is 0 Å². The van der Waals surface area contributed by atoms with Crippen molar-refractivity contribution in [2.45, 2.75) is 44.1 Å². The maximum absolute atomic E-state index is 12.9. The molecule has 3 aromatic rings. The molecule has 1 atom stereocenters. The molecule has 1 saturated heterocycles. The van der Waals surface area contributed by atoms with Crippen LogP contribution in [-0.4, -0.2) is 43.6 Å². The van der Waals surface area contributed by atoms with Crippen LogP contribution < -0.4 is 0 Å². The van der Waals surface area contributed by atoms with E-state index in [9.17, 15) is 4.79 Å². The summed E-state index contributed by atoms with van der Waals surface area (Å²) in [5, 5.41) is 9.65. The SMILES string of the molecule is O=C(Cc1c[nH]c2ccccc12)N1CCC[C@@H](c2nncn2C2CC2)C1. The van der Waals surface area contributed by atoms with Crippen molar-refractivity contribution < 1.29 is 4.79 Å². The van der Waals surface area contributed by atoms with E-state index in [1.54, 1.807) is 0 Å². The lowest BCUT2D eigenvalue weighted by Crippen LogP contribution is -2.40. The summed E-state index contributed by atoms with van der Waals surface area (Å²) in [7, 11) is 0. The van der Waals surface area contributed by atoms with Gasteiger partial charge in [-0.3, -0.25) is 4.79 Å². The summed E-state index contributed by atoms with van der Waals surface area (Å²) in [5.41, 5.74) is 2.17. The predicted octanol–water partition coefficient (Wildman–Crippen LogP) is 3.04. The van der Waals surface area contributed by atoms with E-state index in [0.717, 1.165) is 48.2 Å². The number of aromatic amines is 1. The third kappa shape index (κ3) is 2.79. The first-order valence-electron chi connectivity index (χ1n) is 9.52. The Labute approximate surface area is 152 Å². The summed E-state index contributed by atoms with van der Waals surface area (Å²) >= 11 is 0. The standard InChI is InChI=1S/C20H23N5O/c26-19(10-15-11-21-18-6-2-1-5-17(15)18)24-9-3-4-14(12-24)20-23-22-13-25(20)16-7-8-16/h1-2,5-6,11,13-14,16,21H,3-4,7-10,12H2/t14-/m1/s1. The van der Waals surface area contributed by atoms with Crippen LogP contribution in [0.15, 0.2) is 36.8 Å². The van der Waals surface area contributed by atoms with E-state index < -0.39 is 0 Å². The quantitative estimate of drug-likeness (QED) is 0.787. The number of H-pyrrole nitrogens is 1. The second kappa shape index (κ2) is 6.27. The normalized spacial score (nSPS) is 20.6. The molecule has 5 rings (SSSR count). The van der Waals surface area contributed by atoms with Gasteiger partial charge >= 0.3 is 0 Å². The zero-order valence-electron chi connectivity index (χ0n) is 14.8. The van der Waals surface area contributed by atoms with E-state index in [0.29, 0.717) is 18.4 Å². The lowest BCUT2D eigenvalue weighted by Gasteiger charge is -2.32. The molecule has 2 fully saturated rings. The molecule has 0 bridgehead atoms. The second-order valence-electron chi connectivity index (χ2n) is 7.54. The third-order valence-corrected chi connectivity index (χ3v) is 5.70. The van der Waals surface area contributed by atoms with Gasteiger partial charge in [-0.25, -0.2) is 0 Å². The molecule has 1 N–H and O–H groups in total. The van der Waals surface area contributed by atoms with Crippen LogP contribution in [0.3, 0.4) is 0 Å². The topological polar surface area (TPSA) is 66.8 Å². The number of hydrogen-bond acceptors (Lipinski definition) is 3. The first kappa shape index (κ1) is 15.6. The van der Waals surface area contributed by atoms with Crippen molar-refractivity contribution in [1.29, 1.82) is 0 Å². The maximum Gasteiger partial charge on any atom is 0.227 e. The molecule has 134 valence electrons. The summed E-state index contributed by atoms with van der Waals surface area (Å²) < 4.78 is 2.23. The number of para-hydroxylation sites is 1. The number of carbonyl (C=O) groups excluding carboxylic acids is 1. The Bertz CT molecular complexity index is 938. The summed E-state index contributed by atoms with van der Waals surface area (Å²) in [5.74, 6) is 1.58. The first-order valence-corrected chi connectivity index (χ1v) is 9.52. The van der Waals surface area contributed by atoms with Gasteiger partial charge in [-0.15, -0.1) is 10.2 Å². The van der Waals surface area contributed by atoms with Crippen molar-refractivity contribution in [2.24, 2.45) is 0 Å². The van der Waals surface area contributed by atoms with Crippen LogP contribution in [0, 0.1) is 0 Å². The fourth-order valence-corrected chi connectivity index (χ4v) is 4.14. The van der Waals surface area contributed by atoms with E-state index in [1.807, 2.05) is 35.6 Å². The maximum atomic E-state index is 12.9. The fourth-order valence-electron chi connectivity index (χ4n) is 4.14. The Kier molecular flexibility index (Phi) is 3.76. The van der Waals surface area contributed by atoms with Crippen LogP contribution in [0.5, 0.6) is 0 Å². The molecule has 0 radical (unpaired) electrons. The number of nitrogens with one attached hydrogen (secondary N) is 1. The molecule has 1 amide bonds. The molecule has 26 heavy (non-hydrogen) atoms. The number of amides is 1. The van der Waals surface area contributed by atoms with E-state index in [2.05, 4.69) is 25.8 Å². The molecule has 1 aliphatic heterocycles. The highest BCUT2D eigenvalue weighted by atomic mass is 16.2. The third-order valence-electron chi connectivity index (χ3n) is 5.70. The van der Waals surface area contributed by atoms with Gasteiger partial charge < -0.3 is 14.5 Å². The van der Waals surface area contributed by atoms with Crippen LogP contribution >= 0.6 is 0 Å². The summed E-state index contributed by atoms with van der Waals surface area (Å²) in [4.78, 5) is 18.2. The van der Waals surface area contributed by atoms with Gasteiger partial charge in [0.2, 0.25) is 5.91 Å². The zero-order chi connectivity index (χ0) is 17.5. The van der Waals surface area contributed by atoms with Crippen LogP contribution in [0.25, 0.3) is 10.9 Å². The number of benzene rings is 1. The predicted molar refractivity (Wildman–Crippen MR) is 98.9 cm³/mol. The average molecular weight is 349 g/mol. The number of fused-ring (bicyclic) bond motifs is 1. The number of aromatic nitrogens is 4. The molecule has 1 saturated carbocycles. The number of likely N-dealkylation sites (tertiary alicyclic amines) is 1. The van der Waals surface area contributed by atoms with Gasteiger partial charge in [0.05, 0.1) is 6.42 Å². The van der Waals surface area contributed by atoms with Crippen molar-refractivity contribution >= 4 is 16.8 Å². The Balaban J connectivity index is 1.31. The highest BCUT2D eigenvalue weighted by Crippen LogP contribution is 2.38. The Morgan fingerprint density at radius 3 is 3.00 bits per heavy atom. The largest absolute Gasteiger partial charge is 0.361 e. The lowest BCUT2D eigenvalue weighted by atomic mass is 9.96. The second-order valence-corrected chi connectivity index (χ2v) is 7.54. The van der Waals surface area contributed by atoms with Crippen LogP contribution in [0.1, 0.15) is 49.0 Å². The van der Waals surface area contributed by atoms with Gasteiger partial charge in [-0.1, -0.05) is 18.2 Å². The van der Waals surface area contributed by atoms with E-state index >= 15 is 0 Å². The highest BCUT2D eigenvalue weighted by molar-refractivity contribution is 5.88. The molecule has 2 aliphatic rings. The molecule has 0 unspecified atom stereocenters. The van der Waals surface area contributed by atoms with E-state index in [1.165, 1.54) is 12.8 Å². The van der Waals surface area contributed by atoms with Crippen molar-refractivity contribution in [3.05, 3.63) is 48.2 Å². The number of nitrogens with zero attached hydrogens (tertiary/aromatic N) is 4. The van der Waals surface area contributed by atoms with E-state index in [4.69, 9.17) is 0 Å². The smallest absolute Gasteiger partial charge is 0.227 e. The van der Waals surface area contributed by atoms with Gasteiger partial charge in [0.15, 0.2) is 0 Å². The molecule has 0 spiro atoms. The lowest BCUT2D eigenvalue weighted by molar-refractivity contribution is -0.131. The molecule has 6 nitrogen and oxygen atoms in total. The van der Waals surface area contributed by atoms with Gasteiger partial charge in [-0.05, 0) is 37.3 Å². The number of carbonyl (C=O) groups is 1. The molecule has 3 heterocycles. The zero-order valence-corrected chi connectivity index (χ0v) is 14.8. The molecule has 6 heteroatoms. The van der Waals surface area contributed by atoms with Crippen molar-refractivity contribution in [1.82, 2.24) is 24.6 Å². The monoisotopic (exact) mass is 349 g/mol. The number of piperidine rings is 1. The molecule has 2 aromatic heterocycles. The van der Waals surface area contributed by atoms with Crippen LogP contribution in [-0.2, 0) is 11.2 Å². The summed E-state index contributed by atoms with van der Waals surface area (Å²) in [6.45, 7) is 1.60. The van der Waals surface area contributed by atoms with Crippen molar-refractivity contribution in [3.8, 4) is 0 Å². The minimum Gasteiger partial charge on any atom is -0.361 e. The van der Waals surface area contributed by atoms with Gasteiger partial charge in [0.25, 0.3) is 0 Å². The van der Waals surface area contributed by atoms with Crippen molar-refractivity contribution in [2.75, 3.05) is 13.1 Å². The Hall–Kier alpha value is -2.63. The minimum atomic E-state index is 0.206. The van der Waals surface area contributed by atoms with Crippen LogP contribution in [0.4, 0.5) is 0 Å². The molecule has 1 aliphatic carbocycles. The molecule has 1 aromatic carbocycles. The Morgan fingerprint density at radius 1 is 1.23 bits per heavy atom. The minimum absolute atomic E-state index is 0.206. The van der Waals surface area contributed by atoms with E-state index in [-0.39, 0.29) is 5.91 Å². The first-order chi connectivity index (χ1) is 12.8. The number of hydrogen-bond donors (Lipinski definition) is 1. The molecular weight excluding hydrogens is 326 g/mol. The fraction of sp³-hybridized carbons (Fsp3) is 0.450. The van der Waals surface area contributed by atoms with Gasteiger partial charge in [0.1, 0.15) is 12.2 Å². The van der Waals surface area contributed by atoms with Gasteiger partial charge in [0, 0.05) is 42.1 Å². The molecular formula is C20H23N5O. The highest BCUT2D eigenvalue weighted by Gasteiger charge is 2.32.